The van der Waals surface area contributed by atoms with Gasteiger partial charge in [-0.3, -0.25) is 14.7 Å². The van der Waals surface area contributed by atoms with Crippen LogP contribution in [0.4, 0.5) is 11.5 Å². The van der Waals surface area contributed by atoms with Gasteiger partial charge in [0, 0.05) is 68.8 Å². The third-order valence-corrected chi connectivity index (χ3v) is 8.60. The number of carbonyl (C=O) groups is 1. The number of hydrogen-bond donors (Lipinski definition) is 1. The summed E-state index contributed by atoms with van der Waals surface area (Å²) in [4.78, 5) is 26.1. The smallest absolute Gasteiger partial charge is 0.245 e. The van der Waals surface area contributed by atoms with Crippen LogP contribution in [0, 0.1) is 6.92 Å². The van der Waals surface area contributed by atoms with E-state index < -0.39 is 0 Å². The molecule has 0 aromatic carbocycles. The molecule has 2 aromatic rings. The van der Waals surface area contributed by atoms with Gasteiger partial charge in [0.25, 0.3) is 0 Å². The highest BCUT2D eigenvalue weighted by atomic mass is 16.5. The zero-order valence-electron chi connectivity index (χ0n) is 21.9. The molecule has 4 aliphatic rings. The number of rotatable bonds is 4. The molecule has 1 atom stereocenters. The maximum Gasteiger partial charge on any atom is 0.245 e. The van der Waals surface area contributed by atoms with Crippen molar-refractivity contribution in [2.75, 3.05) is 44.7 Å². The second-order valence-corrected chi connectivity index (χ2v) is 10.9. The standard InChI is InChI=1S/C29H37N5O3/c1-4-26(35)33-11-6-22(7-12-33)34-16-21(17-34)24-15-25-28(18(2)31-24)37-19(3)27-23(5-10-30-29(27)32-25)20-8-13-36-14-9-20/h4-5,10,15,19-22H,1,6-9,11-14,16-17H2,2-3H3,(H,30,32)/t19-/m0/s1. The number of fused-ring (bicyclic) bond motifs is 2. The Kier molecular flexibility index (Phi) is 6.63. The molecule has 0 radical (unpaired) electrons. The van der Waals surface area contributed by atoms with Crippen molar-refractivity contribution in [3.05, 3.63) is 53.5 Å². The highest BCUT2D eigenvalue weighted by molar-refractivity contribution is 5.87. The number of likely N-dealkylation sites (tertiary alicyclic amines) is 2. The van der Waals surface area contributed by atoms with Crippen LogP contribution in [0.25, 0.3) is 0 Å². The van der Waals surface area contributed by atoms with E-state index in [2.05, 4.69) is 35.9 Å². The number of carbonyl (C=O) groups excluding carboxylic acids is 1. The van der Waals surface area contributed by atoms with E-state index in [9.17, 15) is 4.79 Å². The molecule has 196 valence electrons. The molecule has 0 spiro atoms. The molecule has 0 unspecified atom stereocenters. The quantitative estimate of drug-likeness (QED) is 0.618. The normalized spacial score (nSPS) is 23.2. The molecular formula is C29H37N5O3. The molecule has 2 aromatic heterocycles. The van der Waals surface area contributed by atoms with E-state index in [4.69, 9.17) is 19.4 Å². The Balaban J connectivity index is 1.18. The first-order valence-electron chi connectivity index (χ1n) is 13.7. The number of anilines is 2. The lowest BCUT2D eigenvalue weighted by Gasteiger charge is -2.47. The molecule has 6 heterocycles. The monoisotopic (exact) mass is 503 g/mol. The molecule has 0 bridgehead atoms. The van der Waals surface area contributed by atoms with Crippen molar-refractivity contribution in [1.82, 2.24) is 19.8 Å². The second-order valence-electron chi connectivity index (χ2n) is 10.9. The van der Waals surface area contributed by atoms with E-state index in [1.165, 1.54) is 11.6 Å². The minimum atomic E-state index is -0.111. The van der Waals surface area contributed by atoms with Crippen LogP contribution in [0.5, 0.6) is 5.75 Å². The number of hydrogen-bond acceptors (Lipinski definition) is 7. The molecule has 0 saturated carbocycles. The minimum absolute atomic E-state index is 0.0459. The summed E-state index contributed by atoms with van der Waals surface area (Å²) in [6.45, 7) is 13.0. The van der Waals surface area contributed by atoms with Gasteiger partial charge in [0.05, 0.1) is 11.4 Å². The summed E-state index contributed by atoms with van der Waals surface area (Å²) in [7, 11) is 0. The van der Waals surface area contributed by atoms with Crippen LogP contribution in [0.2, 0.25) is 0 Å². The number of aromatic nitrogens is 2. The average molecular weight is 504 g/mol. The largest absolute Gasteiger partial charge is 0.482 e. The van der Waals surface area contributed by atoms with Crippen molar-refractivity contribution in [2.24, 2.45) is 0 Å². The molecule has 4 aliphatic heterocycles. The van der Waals surface area contributed by atoms with E-state index in [0.29, 0.717) is 17.9 Å². The lowest BCUT2D eigenvalue weighted by molar-refractivity contribution is -0.127. The summed E-state index contributed by atoms with van der Waals surface area (Å²) in [5.74, 6) is 2.63. The number of piperidine rings is 1. The van der Waals surface area contributed by atoms with Gasteiger partial charge in [-0.05, 0) is 69.2 Å². The Bertz CT molecular complexity index is 1180. The van der Waals surface area contributed by atoms with Gasteiger partial charge >= 0.3 is 0 Å². The SMILES string of the molecule is C=CC(=O)N1CCC(N2CC(c3cc4c(c(C)n3)O[C@@H](C)c3c(C5CCOCC5)ccnc3N4)C2)CC1. The average Bonchev–Trinajstić information content (AvgIpc) is 3.04. The van der Waals surface area contributed by atoms with Gasteiger partial charge < -0.3 is 19.7 Å². The zero-order chi connectivity index (χ0) is 25.5. The van der Waals surface area contributed by atoms with Crippen molar-refractivity contribution in [2.45, 2.75) is 63.5 Å². The van der Waals surface area contributed by atoms with Gasteiger partial charge in [-0.1, -0.05) is 6.58 Å². The Morgan fingerprint density at radius 1 is 1.16 bits per heavy atom. The van der Waals surface area contributed by atoms with Crippen molar-refractivity contribution in [3.63, 3.8) is 0 Å². The highest BCUT2D eigenvalue weighted by Gasteiger charge is 2.37. The van der Waals surface area contributed by atoms with Gasteiger partial charge in [0.2, 0.25) is 5.91 Å². The third kappa shape index (κ3) is 4.61. The van der Waals surface area contributed by atoms with Crippen LogP contribution in [-0.2, 0) is 9.53 Å². The summed E-state index contributed by atoms with van der Waals surface area (Å²) < 4.78 is 12.1. The molecule has 37 heavy (non-hydrogen) atoms. The summed E-state index contributed by atoms with van der Waals surface area (Å²) in [6, 6.07) is 4.86. The molecule has 0 aliphatic carbocycles. The fraction of sp³-hybridized carbons (Fsp3) is 0.552. The molecule has 8 nitrogen and oxygen atoms in total. The van der Waals surface area contributed by atoms with Crippen LogP contribution >= 0.6 is 0 Å². The predicted molar refractivity (Wildman–Crippen MR) is 142 cm³/mol. The zero-order valence-corrected chi connectivity index (χ0v) is 21.9. The van der Waals surface area contributed by atoms with E-state index in [1.54, 1.807) is 0 Å². The summed E-state index contributed by atoms with van der Waals surface area (Å²) in [6.07, 6.45) is 7.33. The Morgan fingerprint density at radius 3 is 2.65 bits per heavy atom. The second kappa shape index (κ2) is 10.1. The highest BCUT2D eigenvalue weighted by Crippen LogP contribution is 2.44. The first-order chi connectivity index (χ1) is 18.0. The van der Waals surface area contributed by atoms with Gasteiger partial charge in [0.15, 0.2) is 5.75 Å². The van der Waals surface area contributed by atoms with E-state index >= 15 is 0 Å². The van der Waals surface area contributed by atoms with Gasteiger partial charge in [-0.2, -0.15) is 0 Å². The van der Waals surface area contributed by atoms with E-state index in [0.717, 1.165) is 99.3 Å². The number of amides is 1. The topological polar surface area (TPSA) is 79.8 Å². The molecule has 6 rings (SSSR count). The maximum atomic E-state index is 11.9. The van der Waals surface area contributed by atoms with Crippen molar-refractivity contribution in [1.29, 1.82) is 0 Å². The molecule has 3 saturated heterocycles. The number of pyridine rings is 2. The van der Waals surface area contributed by atoms with E-state index in [1.807, 2.05) is 18.0 Å². The van der Waals surface area contributed by atoms with Crippen LogP contribution in [0.3, 0.4) is 0 Å². The lowest BCUT2D eigenvalue weighted by atomic mass is 9.87. The minimum Gasteiger partial charge on any atom is -0.482 e. The van der Waals surface area contributed by atoms with Gasteiger partial charge in [0.1, 0.15) is 11.9 Å². The predicted octanol–water partition coefficient (Wildman–Crippen LogP) is 4.45. The van der Waals surface area contributed by atoms with Crippen LogP contribution in [0.15, 0.2) is 31.0 Å². The first kappa shape index (κ1) is 24.4. The molecule has 8 heteroatoms. The lowest BCUT2D eigenvalue weighted by Crippen LogP contribution is -2.54. The van der Waals surface area contributed by atoms with Crippen molar-refractivity contribution < 1.29 is 14.3 Å². The summed E-state index contributed by atoms with van der Waals surface area (Å²) in [5, 5.41) is 3.63. The van der Waals surface area contributed by atoms with Crippen LogP contribution in [0.1, 0.15) is 73.1 Å². The van der Waals surface area contributed by atoms with Crippen molar-refractivity contribution in [3.8, 4) is 5.75 Å². The summed E-state index contributed by atoms with van der Waals surface area (Å²) in [5.41, 5.74) is 5.46. The number of nitrogens with one attached hydrogen (secondary N) is 1. The van der Waals surface area contributed by atoms with Crippen LogP contribution in [-0.4, -0.2) is 71.1 Å². The van der Waals surface area contributed by atoms with Gasteiger partial charge in [-0.25, -0.2) is 4.98 Å². The molecule has 3 fully saturated rings. The molecular weight excluding hydrogens is 466 g/mol. The third-order valence-electron chi connectivity index (χ3n) is 8.60. The Morgan fingerprint density at radius 2 is 1.92 bits per heavy atom. The number of nitrogens with zero attached hydrogens (tertiary/aromatic N) is 4. The molecule has 1 amide bonds. The van der Waals surface area contributed by atoms with Gasteiger partial charge in [-0.15, -0.1) is 0 Å². The van der Waals surface area contributed by atoms with E-state index in [-0.39, 0.29) is 12.0 Å². The summed E-state index contributed by atoms with van der Waals surface area (Å²) >= 11 is 0. The number of ether oxygens (including phenoxy) is 2. The fourth-order valence-corrected chi connectivity index (χ4v) is 6.46. The number of aryl methyl sites for hydroxylation is 1. The maximum absolute atomic E-state index is 11.9. The van der Waals surface area contributed by atoms with Crippen molar-refractivity contribution >= 4 is 17.4 Å². The van der Waals surface area contributed by atoms with Crippen LogP contribution < -0.4 is 10.1 Å². The Hall–Kier alpha value is -2.97. The first-order valence-corrected chi connectivity index (χ1v) is 13.7. The Labute approximate surface area is 219 Å². The molecule has 1 N–H and O–H groups in total. The fourth-order valence-electron chi connectivity index (χ4n) is 6.46.